The lowest BCUT2D eigenvalue weighted by Gasteiger charge is -2.29. The normalized spacial score (nSPS) is 17.2. The lowest BCUT2D eigenvalue weighted by atomic mass is 9.66. The van der Waals surface area contributed by atoms with Crippen LogP contribution in [-0.2, 0) is 6.42 Å². The fourth-order valence-corrected chi connectivity index (χ4v) is 11.1. The van der Waals surface area contributed by atoms with Gasteiger partial charge in [0.25, 0.3) is 0 Å². The summed E-state index contributed by atoms with van der Waals surface area (Å²) in [6.07, 6.45) is 4.29. The van der Waals surface area contributed by atoms with Gasteiger partial charge in [0.15, 0.2) is 20.4 Å². The van der Waals surface area contributed by atoms with Crippen LogP contribution < -0.4 is 21.9 Å². The Hall–Kier alpha value is -6.29. The molecule has 3 aliphatic heterocycles. The van der Waals surface area contributed by atoms with E-state index in [1.54, 1.807) is 0 Å². The Kier molecular flexibility index (Phi) is 7.81. The summed E-state index contributed by atoms with van der Waals surface area (Å²) in [4.78, 5) is 12.1. The molecule has 5 heteroatoms. The van der Waals surface area contributed by atoms with Gasteiger partial charge in [-0.25, -0.2) is 4.99 Å². The summed E-state index contributed by atoms with van der Waals surface area (Å²) < 4.78 is 1.33. The molecule has 1 unspecified atom stereocenters. The van der Waals surface area contributed by atoms with Gasteiger partial charge in [0.1, 0.15) is 0 Å². The van der Waals surface area contributed by atoms with Crippen LogP contribution in [0.15, 0.2) is 173 Å². The second-order valence-corrected chi connectivity index (χ2v) is 17.1. The smallest absolute Gasteiger partial charge is 0.193 e. The highest BCUT2D eigenvalue weighted by Crippen LogP contribution is 2.44. The molecule has 8 aromatic rings. The number of thiophene rings is 1. The molecule has 0 saturated carbocycles. The maximum absolute atomic E-state index is 5.39. The van der Waals surface area contributed by atoms with Gasteiger partial charge in [-0.15, -0.1) is 11.3 Å². The van der Waals surface area contributed by atoms with Gasteiger partial charge in [-0.2, -0.15) is 0 Å². The van der Waals surface area contributed by atoms with E-state index < -0.39 is 0 Å². The zero-order valence-electron chi connectivity index (χ0n) is 32.1. The maximum atomic E-state index is 5.39. The van der Waals surface area contributed by atoms with Crippen molar-refractivity contribution in [1.29, 1.82) is 0 Å². The highest BCUT2D eigenvalue weighted by atomic mass is 32.1. The zero-order chi connectivity index (χ0) is 38.3. The molecule has 7 aromatic carbocycles. The van der Waals surface area contributed by atoms with Crippen molar-refractivity contribution >= 4 is 75.5 Å². The van der Waals surface area contributed by atoms with Gasteiger partial charge in [-0.3, -0.25) is 4.99 Å². The molecule has 4 heterocycles. The molecule has 12 rings (SSSR count). The predicted octanol–water partition coefficient (Wildman–Crippen LogP) is 10.1. The van der Waals surface area contributed by atoms with Gasteiger partial charge in [0.2, 0.25) is 0 Å². The minimum Gasteiger partial charge on any atom is -0.258 e. The minimum atomic E-state index is 0.0147. The molecular formula is C53H36B2N2S. The fourth-order valence-electron chi connectivity index (χ4n) is 9.85. The van der Waals surface area contributed by atoms with E-state index in [0.717, 1.165) is 24.4 Å². The summed E-state index contributed by atoms with van der Waals surface area (Å²) in [5, 5.41) is 1.36. The second kappa shape index (κ2) is 13.4. The number of amidine groups is 1. The van der Waals surface area contributed by atoms with E-state index in [1.807, 2.05) is 11.3 Å². The Balaban J connectivity index is 0.974. The van der Waals surface area contributed by atoms with Crippen molar-refractivity contribution in [2.75, 3.05) is 0 Å². The molecule has 0 spiro atoms. The number of aryl methyl sites for hydroxylation is 1. The van der Waals surface area contributed by atoms with Crippen molar-refractivity contribution in [2.24, 2.45) is 15.9 Å². The Morgan fingerprint density at radius 2 is 1.22 bits per heavy atom. The lowest BCUT2D eigenvalue weighted by molar-refractivity contribution is 0.591. The second-order valence-electron chi connectivity index (χ2n) is 16.0. The van der Waals surface area contributed by atoms with Gasteiger partial charge in [-0.05, 0) is 103 Å². The summed E-state index contributed by atoms with van der Waals surface area (Å²) >= 11 is 1.91. The van der Waals surface area contributed by atoms with Gasteiger partial charge in [0.05, 0.1) is 11.8 Å². The van der Waals surface area contributed by atoms with Crippen LogP contribution in [0.1, 0.15) is 41.0 Å². The minimum absolute atomic E-state index is 0.0147. The van der Waals surface area contributed by atoms with Crippen LogP contribution in [0.2, 0.25) is 0 Å². The van der Waals surface area contributed by atoms with Crippen LogP contribution >= 0.6 is 11.3 Å². The highest BCUT2D eigenvalue weighted by Gasteiger charge is 2.32. The Labute approximate surface area is 344 Å². The molecule has 58 heavy (non-hydrogen) atoms. The number of nitrogens with zero attached hydrogens (tertiary/aromatic N) is 2. The van der Waals surface area contributed by atoms with Crippen LogP contribution in [0.3, 0.4) is 0 Å². The van der Waals surface area contributed by atoms with Crippen LogP contribution in [-0.4, -0.2) is 26.1 Å². The van der Waals surface area contributed by atoms with E-state index in [-0.39, 0.29) is 12.0 Å². The standard InChI is InChI=1S/C53H36B2N2S/c1-31-51(32-13-4-2-5-14-32)56-53(57-52(31)33-15-6-3-7-16-33)35-24-26-39-38-25-23-34(29-47(38)58-48(39)30-35)42-27-36(28-46-50(42)41-18-9-11-21-44(41)55-46)37-19-12-22-45-49(37)40-17-8-10-20-43(40)54-45/h2-23,25,27-31,51H,24,26H2,1H3/t31-,51?/m1/s1. The molecule has 0 saturated heterocycles. The zero-order valence-corrected chi connectivity index (χ0v) is 32.9. The molecule has 270 valence electrons. The first-order valence-electron chi connectivity index (χ1n) is 20.4. The topological polar surface area (TPSA) is 24.7 Å². The van der Waals surface area contributed by atoms with Crippen molar-refractivity contribution in [2.45, 2.75) is 25.8 Å². The molecule has 2 atom stereocenters. The largest absolute Gasteiger partial charge is 0.258 e. The van der Waals surface area contributed by atoms with Crippen molar-refractivity contribution in [1.82, 2.24) is 0 Å². The molecule has 1 aromatic heterocycles. The Bertz CT molecular complexity index is 3080. The summed E-state index contributed by atoms with van der Waals surface area (Å²) in [5.41, 5.74) is 21.7. The number of benzene rings is 7. The molecule has 0 bridgehead atoms. The molecular weight excluding hydrogens is 718 g/mol. The Morgan fingerprint density at radius 3 is 2.02 bits per heavy atom. The molecule has 0 amide bonds. The van der Waals surface area contributed by atoms with E-state index >= 15 is 0 Å². The van der Waals surface area contributed by atoms with Crippen molar-refractivity contribution in [3.8, 4) is 44.5 Å². The van der Waals surface area contributed by atoms with E-state index in [1.165, 1.54) is 104 Å². The first-order valence-corrected chi connectivity index (χ1v) is 21.2. The Morgan fingerprint density at radius 1 is 0.552 bits per heavy atom. The predicted molar refractivity (Wildman–Crippen MR) is 249 cm³/mol. The van der Waals surface area contributed by atoms with Crippen molar-refractivity contribution < 1.29 is 0 Å². The molecule has 2 radical (unpaired) electrons. The third kappa shape index (κ3) is 5.41. The molecule has 0 fully saturated rings. The van der Waals surface area contributed by atoms with Gasteiger partial charge in [0, 0.05) is 15.5 Å². The average Bonchev–Trinajstić information content (AvgIpc) is 3.97. The molecule has 4 aliphatic rings. The third-order valence-electron chi connectivity index (χ3n) is 12.6. The van der Waals surface area contributed by atoms with Crippen LogP contribution in [0, 0.1) is 5.92 Å². The van der Waals surface area contributed by atoms with E-state index in [0.29, 0.717) is 0 Å². The van der Waals surface area contributed by atoms with E-state index in [2.05, 4.69) is 185 Å². The number of aliphatic imine (C=N–C) groups is 2. The third-order valence-corrected chi connectivity index (χ3v) is 13.8. The number of fused-ring (bicyclic) bond motifs is 9. The lowest BCUT2D eigenvalue weighted by Crippen LogP contribution is -2.27. The van der Waals surface area contributed by atoms with Crippen LogP contribution in [0.5, 0.6) is 0 Å². The van der Waals surface area contributed by atoms with E-state index in [4.69, 9.17) is 9.98 Å². The number of rotatable bonds is 5. The number of hydrogen-bond donors (Lipinski definition) is 0. The van der Waals surface area contributed by atoms with Crippen molar-refractivity contribution in [3.05, 3.63) is 185 Å². The average molecular weight is 755 g/mol. The van der Waals surface area contributed by atoms with E-state index in [9.17, 15) is 0 Å². The van der Waals surface area contributed by atoms with Gasteiger partial charge in [-0.1, -0.05) is 174 Å². The molecule has 1 aliphatic carbocycles. The van der Waals surface area contributed by atoms with Crippen LogP contribution in [0.4, 0.5) is 0 Å². The van der Waals surface area contributed by atoms with Gasteiger partial charge >= 0.3 is 0 Å². The highest BCUT2D eigenvalue weighted by molar-refractivity contribution is 7.20. The monoisotopic (exact) mass is 754 g/mol. The summed E-state index contributed by atoms with van der Waals surface area (Å²) in [7, 11) is 4.70. The van der Waals surface area contributed by atoms with Gasteiger partial charge < -0.3 is 0 Å². The summed E-state index contributed by atoms with van der Waals surface area (Å²) in [6, 6.07) is 57.9. The maximum Gasteiger partial charge on any atom is 0.193 e. The quantitative estimate of drug-likeness (QED) is 0.156. The van der Waals surface area contributed by atoms with Crippen LogP contribution in [0.25, 0.3) is 60.7 Å². The van der Waals surface area contributed by atoms with Crippen molar-refractivity contribution in [3.63, 3.8) is 0 Å². The molecule has 2 nitrogen and oxygen atoms in total. The number of hydrogen-bond acceptors (Lipinski definition) is 3. The molecule has 0 N–H and O–H groups in total. The summed E-state index contributed by atoms with van der Waals surface area (Å²) in [5.74, 6) is 1.04. The first kappa shape index (κ1) is 33.8. The summed E-state index contributed by atoms with van der Waals surface area (Å²) in [6.45, 7) is 2.27. The first-order chi connectivity index (χ1) is 28.6. The fraction of sp³-hybridized carbons (Fsp3) is 0.0943. The SMILES string of the molecule is C[C@H]1C(c2ccccc2)=NC(C2=Cc3sc4cc(-c5cc(-c6cccc7c6-c6ccccc6[B]7)cc6c5-c5ccccc5[B]6)ccc4c3CC2)=NC1c1ccccc1.